The molecule has 0 amide bonds. The van der Waals surface area contributed by atoms with E-state index in [-0.39, 0.29) is 5.84 Å². The third-order valence-corrected chi connectivity index (χ3v) is 5.37. The molecular formula is C26H26N6O. The van der Waals surface area contributed by atoms with E-state index in [0.29, 0.717) is 5.56 Å². The lowest BCUT2D eigenvalue weighted by Gasteiger charge is -2.13. The third kappa shape index (κ3) is 5.33. The second kappa shape index (κ2) is 10.4. The van der Waals surface area contributed by atoms with Gasteiger partial charge in [0, 0.05) is 41.0 Å². The number of pyridine rings is 1. The normalized spacial score (nSPS) is 10.6. The van der Waals surface area contributed by atoms with Gasteiger partial charge < -0.3 is 15.4 Å². The average molecular weight is 439 g/mol. The van der Waals surface area contributed by atoms with Gasteiger partial charge in [-0.2, -0.15) is 0 Å². The minimum Gasteiger partial charge on any atom is -0.497 e. The molecule has 4 aromatic rings. The summed E-state index contributed by atoms with van der Waals surface area (Å²) >= 11 is 0. The van der Waals surface area contributed by atoms with Gasteiger partial charge >= 0.3 is 0 Å². The molecule has 7 nitrogen and oxygen atoms in total. The quantitative estimate of drug-likeness (QED) is 0.108. The summed E-state index contributed by atoms with van der Waals surface area (Å²) in [5.41, 5.74) is 12.5. The van der Waals surface area contributed by atoms with Gasteiger partial charge in [-0.05, 0) is 67.1 Å². The van der Waals surface area contributed by atoms with E-state index in [9.17, 15) is 0 Å². The number of rotatable bonds is 9. The van der Waals surface area contributed by atoms with Crippen molar-refractivity contribution < 1.29 is 4.74 Å². The highest BCUT2D eigenvalue weighted by molar-refractivity contribution is 5.96. The molecular weight excluding hydrogens is 412 g/mol. The zero-order valence-electron chi connectivity index (χ0n) is 18.4. The maximum absolute atomic E-state index is 7.58. The molecule has 0 fully saturated rings. The average Bonchev–Trinajstić information content (AvgIpc) is 2.88. The van der Waals surface area contributed by atoms with Crippen molar-refractivity contribution >= 4 is 28.1 Å². The van der Waals surface area contributed by atoms with Crippen molar-refractivity contribution in [2.24, 2.45) is 5.11 Å². The van der Waals surface area contributed by atoms with Crippen LogP contribution in [0.1, 0.15) is 12.0 Å². The van der Waals surface area contributed by atoms with Gasteiger partial charge in [0.1, 0.15) is 5.75 Å². The van der Waals surface area contributed by atoms with E-state index < -0.39 is 0 Å². The predicted molar refractivity (Wildman–Crippen MR) is 134 cm³/mol. The lowest BCUT2D eigenvalue weighted by Crippen LogP contribution is -2.09. The number of nitrogens with one attached hydrogen (secondary N) is 4. The summed E-state index contributed by atoms with van der Waals surface area (Å²) in [7, 11) is 1.66. The van der Waals surface area contributed by atoms with Gasteiger partial charge in [-0.15, -0.1) is 5.11 Å². The van der Waals surface area contributed by atoms with Crippen LogP contribution in [0, 0.1) is 10.9 Å². The van der Waals surface area contributed by atoms with Crippen LogP contribution in [0.5, 0.6) is 5.75 Å². The van der Waals surface area contributed by atoms with Gasteiger partial charge in [-0.1, -0.05) is 18.2 Å². The van der Waals surface area contributed by atoms with E-state index in [0.717, 1.165) is 58.8 Å². The van der Waals surface area contributed by atoms with Crippen LogP contribution in [-0.4, -0.2) is 31.0 Å². The summed E-state index contributed by atoms with van der Waals surface area (Å²) in [6.07, 6.45) is 0.925. The molecule has 0 spiro atoms. The van der Waals surface area contributed by atoms with Crippen molar-refractivity contribution in [1.29, 1.82) is 10.9 Å². The third-order valence-electron chi connectivity index (χ3n) is 5.37. The molecule has 0 saturated carbocycles. The Kier molecular flexibility index (Phi) is 6.90. The number of fused-ring (bicyclic) bond motifs is 1. The molecule has 0 radical (unpaired) electrons. The first kappa shape index (κ1) is 22.0. The smallest absolute Gasteiger partial charge is 0.173 e. The molecule has 1 heterocycles. The van der Waals surface area contributed by atoms with Gasteiger partial charge in [-0.25, -0.2) is 10.5 Å². The van der Waals surface area contributed by atoms with Gasteiger partial charge in [0.15, 0.2) is 5.84 Å². The summed E-state index contributed by atoms with van der Waals surface area (Å²) in [4.78, 5) is 4.84. The number of amidine groups is 1. The van der Waals surface area contributed by atoms with Crippen molar-refractivity contribution in [3.05, 3.63) is 84.4 Å². The van der Waals surface area contributed by atoms with Crippen LogP contribution in [0.2, 0.25) is 0 Å². The number of aromatic nitrogens is 1. The Labute approximate surface area is 192 Å². The summed E-state index contributed by atoms with van der Waals surface area (Å²) in [5, 5.41) is 18.8. The summed E-state index contributed by atoms with van der Waals surface area (Å²) in [6.45, 7) is 1.62. The zero-order valence-corrected chi connectivity index (χ0v) is 18.4. The van der Waals surface area contributed by atoms with Crippen molar-refractivity contribution in [2.75, 3.05) is 30.8 Å². The Morgan fingerprint density at radius 3 is 2.39 bits per heavy atom. The van der Waals surface area contributed by atoms with Crippen LogP contribution in [0.3, 0.4) is 0 Å². The standard InChI is InChI=1S/C26H26N6O/c1-33-21-13-9-18(10-14-21)24-17-25(22-5-2-3-6-23(22)31-24)30-16-4-15-29-20-11-7-19(8-12-20)26(27)32-28/h2-3,5-14,17,27-29H,4,15-16H2,1H3,(H,30,31). The topological polar surface area (TPSA) is 106 Å². The van der Waals surface area contributed by atoms with E-state index in [1.165, 1.54) is 0 Å². The van der Waals surface area contributed by atoms with E-state index in [1.54, 1.807) is 19.2 Å². The minimum absolute atomic E-state index is 0.0377. The first-order valence-corrected chi connectivity index (χ1v) is 10.8. The molecule has 0 aliphatic heterocycles. The highest BCUT2D eigenvalue weighted by Crippen LogP contribution is 2.29. The molecule has 4 N–H and O–H groups in total. The highest BCUT2D eigenvalue weighted by atomic mass is 16.5. The van der Waals surface area contributed by atoms with E-state index >= 15 is 0 Å². The van der Waals surface area contributed by atoms with E-state index in [1.807, 2.05) is 54.6 Å². The number of methoxy groups -OCH3 is 1. The van der Waals surface area contributed by atoms with Crippen molar-refractivity contribution in [3.8, 4) is 17.0 Å². The fourth-order valence-electron chi connectivity index (χ4n) is 3.59. The molecule has 7 heteroatoms. The molecule has 3 aromatic carbocycles. The Bertz CT molecular complexity index is 1250. The molecule has 0 atom stereocenters. The Hall–Kier alpha value is -4.26. The lowest BCUT2D eigenvalue weighted by molar-refractivity contribution is 0.415. The Morgan fingerprint density at radius 1 is 0.939 bits per heavy atom. The van der Waals surface area contributed by atoms with Crippen molar-refractivity contribution in [3.63, 3.8) is 0 Å². The fraction of sp³-hybridized carbons (Fsp3) is 0.154. The summed E-state index contributed by atoms with van der Waals surface area (Å²) < 4.78 is 5.27. The molecule has 0 saturated heterocycles. The van der Waals surface area contributed by atoms with Gasteiger partial charge in [-0.3, -0.25) is 5.41 Å². The number of anilines is 2. The van der Waals surface area contributed by atoms with E-state index in [4.69, 9.17) is 20.7 Å². The number of ether oxygens (including phenoxy) is 1. The van der Waals surface area contributed by atoms with Crippen LogP contribution in [0.4, 0.5) is 11.4 Å². The van der Waals surface area contributed by atoms with Crippen molar-refractivity contribution in [1.82, 2.24) is 4.98 Å². The number of hydrogen-bond donors (Lipinski definition) is 4. The fourth-order valence-corrected chi connectivity index (χ4v) is 3.59. The largest absolute Gasteiger partial charge is 0.497 e. The predicted octanol–water partition coefficient (Wildman–Crippen LogP) is 6.18. The van der Waals surface area contributed by atoms with Crippen LogP contribution in [-0.2, 0) is 0 Å². The van der Waals surface area contributed by atoms with Crippen LogP contribution in [0.25, 0.3) is 22.2 Å². The highest BCUT2D eigenvalue weighted by Gasteiger charge is 2.08. The molecule has 0 aliphatic carbocycles. The zero-order chi connectivity index (χ0) is 23.0. The van der Waals surface area contributed by atoms with Crippen molar-refractivity contribution in [2.45, 2.75) is 6.42 Å². The Morgan fingerprint density at radius 2 is 1.67 bits per heavy atom. The maximum atomic E-state index is 7.58. The number of benzene rings is 3. The second-order valence-corrected chi connectivity index (χ2v) is 7.55. The summed E-state index contributed by atoms with van der Waals surface area (Å²) in [6, 6.07) is 25.6. The first-order valence-electron chi connectivity index (χ1n) is 10.8. The molecule has 0 aliphatic rings. The monoisotopic (exact) mass is 438 g/mol. The Balaban J connectivity index is 1.40. The number of hydrogen-bond acceptors (Lipinski definition) is 6. The van der Waals surface area contributed by atoms with Crippen LogP contribution in [0.15, 0.2) is 84.0 Å². The molecule has 0 bridgehead atoms. The first-order chi connectivity index (χ1) is 16.2. The van der Waals surface area contributed by atoms with Crippen LogP contribution < -0.4 is 15.4 Å². The van der Waals surface area contributed by atoms with Gasteiger partial charge in [0.25, 0.3) is 0 Å². The number of para-hydroxylation sites is 1. The number of nitrogens with zero attached hydrogens (tertiary/aromatic N) is 2. The summed E-state index contributed by atoms with van der Waals surface area (Å²) in [5.74, 6) is 0.786. The van der Waals surface area contributed by atoms with Gasteiger partial charge in [0.05, 0.1) is 18.3 Å². The van der Waals surface area contributed by atoms with Gasteiger partial charge in [0.2, 0.25) is 0 Å². The molecule has 1 aromatic heterocycles. The molecule has 33 heavy (non-hydrogen) atoms. The molecule has 0 unspecified atom stereocenters. The second-order valence-electron chi connectivity index (χ2n) is 7.55. The van der Waals surface area contributed by atoms with E-state index in [2.05, 4.69) is 27.9 Å². The lowest BCUT2D eigenvalue weighted by atomic mass is 10.1. The molecule has 166 valence electrons. The van der Waals surface area contributed by atoms with Crippen LogP contribution >= 0.6 is 0 Å². The molecule has 4 rings (SSSR count). The minimum atomic E-state index is -0.0377. The maximum Gasteiger partial charge on any atom is 0.173 e. The SMILES string of the molecule is COc1ccc(-c2cc(NCCCNc3ccc(C(=N)N=N)cc3)c3ccccc3n2)cc1.